The Morgan fingerprint density at radius 3 is 2.30 bits per heavy atom. The standard InChI is InChI=1S/C22H25FN2O5.CH2O2/c1-12-18(13(2)24-19(12)14(3)26)20(28)25-9-8-17(27)22(11-25,21(29)30)10-15-4-6-16(23)7-5-15;2-1-3/h4-7,17,24,27H,8-11H2,1-3H3,(H,29,30);1H,(H,2,3)/t17-,22-;/m1./s1. The predicted octanol–water partition coefficient (Wildman–Crippen LogP) is 2.19. The van der Waals surface area contributed by atoms with Gasteiger partial charge in [-0.15, -0.1) is 0 Å². The highest BCUT2D eigenvalue weighted by Gasteiger charge is 2.50. The minimum absolute atomic E-state index is 0.0443. The Morgan fingerprint density at radius 2 is 1.82 bits per heavy atom. The average molecular weight is 462 g/mol. The lowest BCUT2D eigenvalue weighted by atomic mass is 9.72. The number of halogens is 1. The fraction of sp³-hybridized carbons (Fsp3) is 0.391. The van der Waals surface area contributed by atoms with Gasteiger partial charge in [0, 0.05) is 25.7 Å². The summed E-state index contributed by atoms with van der Waals surface area (Å²) in [6.45, 7) is 4.52. The van der Waals surface area contributed by atoms with Gasteiger partial charge in [-0.2, -0.15) is 0 Å². The molecule has 33 heavy (non-hydrogen) atoms. The van der Waals surface area contributed by atoms with E-state index in [9.17, 15) is 29.0 Å². The Hall–Kier alpha value is -3.53. The summed E-state index contributed by atoms with van der Waals surface area (Å²) in [4.78, 5) is 50.0. The zero-order valence-electron chi connectivity index (χ0n) is 18.6. The highest BCUT2D eigenvalue weighted by atomic mass is 19.1. The van der Waals surface area contributed by atoms with E-state index < -0.39 is 23.3 Å². The summed E-state index contributed by atoms with van der Waals surface area (Å²) in [7, 11) is 0. The molecule has 0 unspecified atom stereocenters. The first-order valence-electron chi connectivity index (χ1n) is 10.2. The number of amides is 1. The number of rotatable bonds is 5. The van der Waals surface area contributed by atoms with Gasteiger partial charge in [0.2, 0.25) is 0 Å². The van der Waals surface area contributed by atoms with Crippen LogP contribution in [0.5, 0.6) is 0 Å². The lowest BCUT2D eigenvalue weighted by molar-refractivity contribution is -0.161. The molecule has 1 aromatic heterocycles. The number of benzene rings is 1. The molecule has 0 spiro atoms. The number of aromatic amines is 1. The van der Waals surface area contributed by atoms with Crippen molar-refractivity contribution in [2.75, 3.05) is 13.1 Å². The number of likely N-dealkylation sites (tertiary alicyclic amines) is 1. The maximum atomic E-state index is 13.3. The molecule has 1 amide bonds. The number of aliphatic hydroxyl groups excluding tert-OH is 1. The average Bonchev–Trinajstić information content (AvgIpc) is 3.05. The first-order chi connectivity index (χ1) is 15.5. The van der Waals surface area contributed by atoms with E-state index in [0.29, 0.717) is 28.1 Å². The van der Waals surface area contributed by atoms with E-state index in [-0.39, 0.29) is 44.1 Å². The van der Waals surface area contributed by atoms with Crippen LogP contribution in [0.4, 0.5) is 4.39 Å². The number of H-pyrrole nitrogens is 1. The lowest BCUT2D eigenvalue weighted by Crippen LogP contribution is -2.58. The molecule has 3 rings (SSSR count). The number of aryl methyl sites for hydroxylation is 1. The first-order valence-corrected chi connectivity index (χ1v) is 10.2. The quantitative estimate of drug-likeness (QED) is 0.393. The second-order valence-electron chi connectivity index (χ2n) is 8.08. The number of hydrogen-bond donors (Lipinski definition) is 4. The van der Waals surface area contributed by atoms with Crippen LogP contribution in [0, 0.1) is 25.1 Å². The number of aliphatic hydroxyl groups is 1. The molecule has 10 heteroatoms. The number of ketones is 1. The highest BCUT2D eigenvalue weighted by Crippen LogP contribution is 2.36. The van der Waals surface area contributed by atoms with E-state index >= 15 is 0 Å². The fourth-order valence-corrected chi connectivity index (χ4v) is 4.26. The van der Waals surface area contributed by atoms with Crippen molar-refractivity contribution in [2.24, 2.45) is 5.41 Å². The Bertz CT molecular complexity index is 1050. The molecule has 2 aromatic rings. The Labute approximate surface area is 189 Å². The van der Waals surface area contributed by atoms with Gasteiger partial charge in [0.15, 0.2) is 5.78 Å². The van der Waals surface area contributed by atoms with Crippen molar-refractivity contribution in [1.82, 2.24) is 9.88 Å². The number of carbonyl (C=O) groups is 4. The molecule has 2 heterocycles. The van der Waals surface area contributed by atoms with Crippen LogP contribution in [-0.2, 0) is 16.0 Å². The van der Waals surface area contributed by atoms with Crippen LogP contribution in [0.25, 0.3) is 0 Å². The van der Waals surface area contributed by atoms with E-state index in [4.69, 9.17) is 9.90 Å². The molecule has 0 saturated carbocycles. The van der Waals surface area contributed by atoms with E-state index in [1.165, 1.54) is 36.1 Å². The molecule has 178 valence electrons. The normalized spacial score (nSPS) is 19.9. The van der Waals surface area contributed by atoms with Crippen LogP contribution in [0.3, 0.4) is 0 Å². The van der Waals surface area contributed by atoms with Gasteiger partial charge in [0.25, 0.3) is 12.4 Å². The molecule has 1 fully saturated rings. The maximum absolute atomic E-state index is 13.3. The second-order valence-corrected chi connectivity index (χ2v) is 8.08. The molecule has 9 nitrogen and oxygen atoms in total. The van der Waals surface area contributed by atoms with Gasteiger partial charge in [0.1, 0.15) is 11.2 Å². The number of piperidine rings is 1. The highest BCUT2D eigenvalue weighted by molar-refractivity contribution is 6.02. The first kappa shape index (κ1) is 25.7. The third kappa shape index (κ3) is 5.28. The lowest BCUT2D eigenvalue weighted by Gasteiger charge is -2.43. The summed E-state index contributed by atoms with van der Waals surface area (Å²) >= 11 is 0. The van der Waals surface area contributed by atoms with Gasteiger partial charge in [-0.3, -0.25) is 19.2 Å². The van der Waals surface area contributed by atoms with E-state index in [2.05, 4.69) is 4.98 Å². The monoisotopic (exact) mass is 462 g/mol. The molecule has 1 aliphatic rings. The molecule has 1 aromatic carbocycles. The number of carboxylic acid groups (broad SMARTS) is 2. The van der Waals surface area contributed by atoms with E-state index in [0.717, 1.165) is 0 Å². The summed E-state index contributed by atoms with van der Waals surface area (Å²) in [5.41, 5.74) is 0.693. The largest absolute Gasteiger partial charge is 0.483 e. The number of carbonyl (C=O) groups excluding carboxylic acids is 2. The van der Waals surface area contributed by atoms with Crippen LogP contribution < -0.4 is 0 Å². The Morgan fingerprint density at radius 1 is 1.24 bits per heavy atom. The minimum atomic E-state index is -1.62. The summed E-state index contributed by atoms with van der Waals surface area (Å²) in [6.07, 6.45) is -1.11. The topological polar surface area (TPSA) is 148 Å². The number of carboxylic acids is 1. The molecular weight excluding hydrogens is 435 g/mol. The van der Waals surface area contributed by atoms with Gasteiger partial charge in [-0.25, -0.2) is 4.39 Å². The van der Waals surface area contributed by atoms with Gasteiger partial charge < -0.3 is 25.2 Å². The number of nitrogens with one attached hydrogen (secondary N) is 1. The summed E-state index contributed by atoms with van der Waals surface area (Å²) in [5, 5.41) is 27.5. The molecule has 0 radical (unpaired) electrons. The SMILES string of the molecule is CC(=O)c1[nH]c(C)c(C(=O)N2CC[C@@H](O)[C@](Cc3ccc(F)cc3)(C(=O)O)C2)c1C.O=CO. The molecule has 2 atom stereocenters. The van der Waals surface area contributed by atoms with Crippen molar-refractivity contribution in [1.29, 1.82) is 0 Å². The Kier molecular flexibility index (Phi) is 8.10. The maximum Gasteiger partial charge on any atom is 0.314 e. The molecule has 0 bridgehead atoms. The van der Waals surface area contributed by atoms with Crippen molar-refractivity contribution in [3.63, 3.8) is 0 Å². The van der Waals surface area contributed by atoms with Gasteiger partial charge >= 0.3 is 5.97 Å². The summed E-state index contributed by atoms with van der Waals surface area (Å²) < 4.78 is 13.2. The predicted molar refractivity (Wildman–Crippen MR) is 116 cm³/mol. The summed E-state index contributed by atoms with van der Waals surface area (Å²) in [6, 6.07) is 5.43. The van der Waals surface area contributed by atoms with Crippen LogP contribution in [-0.4, -0.2) is 68.5 Å². The van der Waals surface area contributed by atoms with E-state index in [1.807, 2.05) is 0 Å². The third-order valence-corrected chi connectivity index (χ3v) is 5.93. The van der Waals surface area contributed by atoms with Gasteiger partial charge in [0.05, 0.1) is 17.4 Å². The molecule has 4 N–H and O–H groups in total. The number of aromatic nitrogens is 1. The smallest absolute Gasteiger partial charge is 0.314 e. The van der Waals surface area contributed by atoms with Crippen molar-refractivity contribution >= 4 is 24.1 Å². The number of nitrogens with zero attached hydrogens (tertiary/aromatic N) is 1. The molecule has 1 saturated heterocycles. The van der Waals surface area contributed by atoms with Gasteiger partial charge in [-0.05, 0) is 49.9 Å². The van der Waals surface area contributed by atoms with Crippen LogP contribution in [0.2, 0.25) is 0 Å². The van der Waals surface area contributed by atoms with Crippen molar-refractivity contribution in [3.8, 4) is 0 Å². The molecule has 1 aliphatic heterocycles. The zero-order chi connectivity index (χ0) is 24.9. The van der Waals surface area contributed by atoms with Crippen molar-refractivity contribution in [3.05, 3.63) is 58.2 Å². The minimum Gasteiger partial charge on any atom is -0.483 e. The molecular formula is C23H27FN2O7. The third-order valence-electron chi connectivity index (χ3n) is 5.93. The summed E-state index contributed by atoms with van der Waals surface area (Å²) in [5.74, 6) is -2.24. The van der Waals surface area contributed by atoms with E-state index in [1.54, 1.807) is 13.8 Å². The number of aliphatic carboxylic acids is 1. The molecule has 0 aliphatic carbocycles. The van der Waals surface area contributed by atoms with Gasteiger partial charge in [-0.1, -0.05) is 12.1 Å². The van der Waals surface area contributed by atoms with Crippen LogP contribution in [0.1, 0.15) is 51.0 Å². The zero-order valence-corrected chi connectivity index (χ0v) is 18.6. The van der Waals surface area contributed by atoms with Crippen LogP contribution >= 0.6 is 0 Å². The Balaban J connectivity index is 0.00000122. The number of hydrogen-bond acceptors (Lipinski definition) is 5. The fourth-order valence-electron chi connectivity index (χ4n) is 4.26. The van der Waals surface area contributed by atoms with Crippen molar-refractivity contribution in [2.45, 2.75) is 39.7 Å². The van der Waals surface area contributed by atoms with Crippen LogP contribution in [0.15, 0.2) is 24.3 Å². The number of Topliss-reactive ketones (excluding diaryl/α,β-unsaturated/α-hetero) is 1. The second kappa shape index (κ2) is 10.4. The van der Waals surface area contributed by atoms with Crippen molar-refractivity contribution < 1.29 is 38.9 Å².